The Balaban J connectivity index is 2.40. The summed E-state index contributed by atoms with van der Waals surface area (Å²) in [6.45, 7) is 3.85. The number of carbonyl (C=O) groups excluding carboxylic acids is 1. The van der Waals surface area contributed by atoms with Crippen LogP contribution in [0.1, 0.15) is 33.1 Å². The minimum Gasteiger partial charge on any atom is -0.394 e. The summed E-state index contributed by atoms with van der Waals surface area (Å²) in [7, 11) is 0. The maximum absolute atomic E-state index is 11.3. The van der Waals surface area contributed by atoms with E-state index >= 15 is 0 Å². The summed E-state index contributed by atoms with van der Waals surface area (Å²) in [5.41, 5.74) is -0.417. The fourth-order valence-corrected chi connectivity index (χ4v) is 0.985. The van der Waals surface area contributed by atoms with Crippen molar-refractivity contribution in [2.45, 2.75) is 38.6 Å². The van der Waals surface area contributed by atoms with E-state index in [4.69, 9.17) is 5.11 Å². The van der Waals surface area contributed by atoms with Crippen molar-refractivity contribution in [3.05, 3.63) is 0 Å². The third kappa shape index (κ3) is 2.21. The Morgan fingerprint density at radius 1 is 1.67 bits per heavy atom. The highest BCUT2D eigenvalue weighted by atomic mass is 16.3. The molecule has 0 bridgehead atoms. The van der Waals surface area contributed by atoms with Gasteiger partial charge in [-0.25, -0.2) is 0 Å². The van der Waals surface area contributed by atoms with E-state index in [0.717, 1.165) is 19.3 Å². The minimum absolute atomic E-state index is 0.0158. The molecule has 1 unspecified atom stereocenters. The van der Waals surface area contributed by atoms with Gasteiger partial charge in [-0.2, -0.15) is 0 Å². The van der Waals surface area contributed by atoms with Crippen LogP contribution < -0.4 is 5.32 Å². The predicted octanol–water partition coefficient (Wildman–Crippen LogP) is 0.674. The first-order chi connectivity index (χ1) is 5.61. The van der Waals surface area contributed by atoms with E-state index < -0.39 is 5.54 Å². The summed E-state index contributed by atoms with van der Waals surface area (Å²) in [4.78, 5) is 11.3. The van der Waals surface area contributed by atoms with Crippen molar-refractivity contribution in [2.24, 2.45) is 5.92 Å². The molecular formula is C9H17NO2. The first-order valence-corrected chi connectivity index (χ1v) is 4.54. The highest BCUT2D eigenvalue weighted by Crippen LogP contribution is 2.29. The fourth-order valence-electron chi connectivity index (χ4n) is 0.985. The van der Waals surface area contributed by atoms with Gasteiger partial charge in [0.2, 0.25) is 5.91 Å². The number of hydrogen-bond acceptors (Lipinski definition) is 2. The van der Waals surface area contributed by atoms with Crippen LogP contribution in [-0.2, 0) is 4.79 Å². The predicted molar refractivity (Wildman–Crippen MR) is 46.6 cm³/mol. The van der Waals surface area contributed by atoms with Crippen molar-refractivity contribution in [2.75, 3.05) is 6.61 Å². The van der Waals surface area contributed by atoms with Gasteiger partial charge in [0.05, 0.1) is 12.1 Å². The molecule has 1 fully saturated rings. The molecule has 70 valence electrons. The van der Waals surface area contributed by atoms with Gasteiger partial charge in [0.1, 0.15) is 0 Å². The standard InChI is InChI=1S/C9H17NO2/c1-3-9(2,6-11)10-8(12)7-4-5-7/h7,11H,3-6H2,1-2H3,(H,10,12). The molecule has 0 aromatic carbocycles. The van der Waals surface area contributed by atoms with Gasteiger partial charge >= 0.3 is 0 Å². The van der Waals surface area contributed by atoms with Gasteiger partial charge < -0.3 is 10.4 Å². The molecule has 1 amide bonds. The Morgan fingerprint density at radius 2 is 2.25 bits per heavy atom. The van der Waals surface area contributed by atoms with Crippen molar-refractivity contribution in [1.29, 1.82) is 0 Å². The minimum atomic E-state index is -0.417. The molecule has 0 heterocycles. The van der Waals surface area contributed by atoms with Crippen LogP contribution in [0.25, 0.3) is 0 Å². The van der Waals surface area contributed by atoms with Crippen LogP contribution in [0.5, 0.6) is 0 Å². The molecule has 1 saturated carbocycles. The molecule has 12 heavy (non-hydrogen) atoms. The van der Waals surface area contributed by atoms with Crippen molar-refractivity contribution in [3.63, 3.8) is 0 Å². The summed E-state index contributed by atoms with van der Waals surface area (Å²) in [6.07, 6.45) is 2.79. The number of aliphatic hydroxyl groups excluding tert-OH is 1. The van der Waals surface area contributed by atoms with Crippen LogP contribution in [0.2, 0.25) is 0 Å². The van der Waals surface area contributed by atoms with Crippen molar-refractivity contribution in [3.8, 4) is 0 Å². The second-order valence-corrected chi connectivity index (χ2v) is 3.84. The summed E-state index contributed by atoms with van der Waals surface area (Å²) in [5.74, 6) is 0.329. The van der Waals surface area contributed by atoms with Crippen LogP contribution in [0, 0.1) is 5.92 Å². The number of aliphatic hydroxyl groups is 1. The Labute approximate surface area is 73.2 Å². The molecule has 1 aliphatic rings. The Kier molecular flexibility index (Phi) is 2.73. The van der Waals surface area contributed by atoms with Crippen molar-refractivity contribution < 1.29 is 9.90 Å². The number of rotatable bonds is 4. The first kappa shape index (κ1) is 9.52. The lowest BCUT2D eigenvalue weighted by molar-refractivity contribution is -0.124. The van der Waals surface area contributed by atoms with Gasteiger partial charge in [0, 0.05) is 5.92 Å². The zero-order chi connectivity index (χ0) is 9.19. The molecule has 3 nitrogen and oxygen atoms in total. The molecule has 0 radical (unpaired) electrons. The van der Waals surface area contributed by atoms with Gasteiger partial charge in [-0.1, -0.05) is 6.92 Å². The van der Waals surface area contributed by atoms with Crippen LogP contribution in [-0.4, -0.2) is 23.2 Å². The molecule has 0 aromatic heterocycles. The summed E-state index contributed by atoms with van der Waals surface area (Å²) in [5, 5.41) is 11.9. The monoisotopic (exact) mass is 171 g/mol. The zero-order valence-electron chi connectivity index (χ0n) is 7.76. The second kappa shape index (κ2) is 3.44. The van der Waals surface area contributed by atoms with E-state index in [0.29, 0.717) is 0 Å². The molecule has 0 saturated heterocycles. The lowest BCUT2D eigenvalue weighted by atomic mass is 10.00. The molecular weight excluding hydrogens is 154 g/mol. The lowest BCUT2D eigenvalue weighted by Gasteiger charge is -2.27. The number of hydrogen-bond donors (Lipinski definition) is 2. The molecule has 0 aromatic rings. The van der Waals surface area contributed by atoms with Gasteiger partial charge in [-0.15, -0.1) is 0 Å². The third-order valence-electron chi connectivity index (χ3n) is 2.50. The van der Waals surface area contributed by atoms with Crippen molar-refractivity contribution >= 4 is 5.91 Å². The number of nitrogens with one attached hydrogen (secondary N) is 1. The molecule has 0 spiro atoms. The second-order valence-electron chi connectivity index (χ2n) is 3.84. The zero-order valence-corrected chi connectivity index (χ0v) is 7.76. The Hall–Kier alpha value is -0.570. The molecule has 1 rings (SSSR count). The number of amides is 1. The highest BCUT2D eigenvalue weighted by Gasteiger charge is 2.33. The van der Waals surface area contributed by atoms with E-state index in [-0.39, 0.29) is 18.4 Å². The smallest absolute Gasteiger partial charge is 0.223 e. The Bertz CT molecular complexity index is 171. The maximum Gasteiger partial charge on any atom is 0.223 e. The molecule has 0 aliphatic heterocycles. The molecule has 2 N–H and O–H groups in total. The largest absolute Gasteiger partial charge is 0.394 e. The van der Waals surface area contributed by atoms with E-state index in [1.54, 1.807) is 0 Å². The maximum atomic E-state index is 11.3. The van der Waals surface area contributed by atoms with E-state index in [1.165, 1.54) is 0 Å². The van der Waals surface area contributed by atoms with Gasteiger partial charge in [-0.3, -0.25) is 4.79 Å². The van der Waals surface area contributed by atoms with Gasteiger partial charge in [-0.05, 0) is 26.2 Å². The van der Waals surface area contributed by atoms with E-state index in [9.17, 15) is 4.79 Å². The highest BCUT2D eigenvalue weighted by molar-refractivity contribution is 5.81. The average molecular weight is 171 g/mol. The summed E-state index contributed by atoms with van der Waals surface area (Å²) < 4.78 is 0. The van der Waals surface area contributed by atoms with Gasteiger partial charge in [0.25, 0.3) is 0 Å². The van der Waals surface area contributed by atoms with Gasteiger partial charge in [0.15, 0.2) is 0 Å². The van der Waals surface area contributed by atoms with Crippen molar-refractivity contribution in [1.82, 2.24) is 5.32 Å². The topological polar surface area (TPSA) is 49.3 Å². The van der Waals surface area contributed by atoms with Crippen LogP contribution in [0.3, 0.4) is 0 Å². The first-order valence-electron chi connectivity index (χ1n) is 4.54. The van der Waals surface area contributed by atoms with Crippen LogP contribution in [0.4, 0.5) is 0 Å². The Morgan fingerprint density at radius 3 is 2.58 bits per heavy atom. The SMILES string of the molecule is CCC(C)(CO)NC(=O)C1CC1. The third-order valence-corrected chi connectivity index (χ3v) is 2.50. The van der Waals surface area contributed by atoms with Crippen LogP contribution >= 0.6 is 0 Å². The normalized spacial score (nSPS) is 21.6. The quantitative estimate of drug-likeness (QED) is 0.653. The fraction of sp³-hybridized carbons (Fsp3) is 0.889. The van der Waals surface area contributed by atoms with E-state index in [1.807, 2.05) is 13.8 Å². The molecule has 1 atom stereocenters. The van der Waals surface area contributed by atoms with Crippen LogP contribution in [0.15, 0.2) is 0 Å². The lowest BCUT2D eigenvalue weighted by Crippen LogP contribution is -2.48. The number of carbonyl (C=O) groups is 1. The summed E-state index contributed by atoms with van der Waals surface area (Å²) in [6, 6.07) is 0. The average Bonchev–Trinajstić information content (AvgIpc) is 2.86. The molecule has 1 aliphatic carbocycles. The summed E-state index contributed by atoms with van der Waals surface area (Å²) >= 11 is 0. The molecule has 3 heteroatoms. The van der Waals surface area contributed by atoms with E-state index in [2.05, 4.69) is 5.32 Å².